The van der Waals surface area contributed by atoms with Gasteiger partial charge in [0.2, 0.25) is 0 Å². The smallest absolute Gasteiger partial charge is 0.120 e. The van der Waals surface area contributed by atoms with Gasteiger partial charge < -0.3 is 4.79 Å². The molecule has 1 aromatic rings. The monoisotopic (exact) mass is 222 g/mol. The lowest BCUT2D eigenvalue weighted by Gasteiger charge is -1.96. The summed E-state index contributed by atoms with van der Waals surface area (Å²) in [5.41, 5.74) is 1.26. The summed E-state index contributed by atoms with van der Waals surface area (Å²) in [6.45, 7) is 0. The summed E-state index contributed by atoms with van der Waals surface area (Å²) in [5, 5.41) is 0.772. The largest absolute Gasteiger partial charge is 0.303 e. The van der Waals surface area contributed by atoms with Crippen molar-refractivity contribution in [3.05, 3.63) is 47.0 Å². The number of carbonyl (C=O) groups is 1. The Kier molecular flexibility index (Phi) is 5.79. The van der Waals surface area contributed by atoms with E-state index in [-0.39, 0.29) is 0 Å². The molecule has 0 amide bonds. The summed E-state index contributed by atoms with van der Waals surface area (Å²) in [7, 11) is 0. The number of unbranched alkanes of at least 4 members (excludes halogenated alkanes) is 2. The van der Waals surface area contributed by atoms with E-state index in [1.54, 1.807) is 0 Å². The van der Waals surface area contributed by atoms with Gasteiger partial charge in [0.15, 0.2) is 0 Å². The minimum atomic E-state index is 0.658. The van der Waals surface area contributed by atoms with E-state index in [0.29, 0.717) is 6.42 Å². The molecular formula is C13H15ClO. The average molecular weight is 223 g/mol. The Morgan fingerprint density at radius 3 is 2.47 bits per heavy atom. The number of allylic oxidation sites excluding steroid dienone is 2. The van der Waals surface area contributed by atoms with Gasteiger partial charge in [-0.1, -0.05) is 35.9 Å². The predicted molar refractivity (Wildman–Crippen MR) is 64.2 cm³/mol. The molecule has 0 bridgehead atoms. The first-order valence-electron chi connectivity index (χ1n) is 5.16. The maximum Gasteiger partial charge on any atom is 0.120 e. The molecule has 0 spiro atoms. The van der Waals surface area contributed by atoms with Crippen LogP contribution in [-0.2, 0) is 11.2 Å². The number of aldehydes is 1. The summed E-state index contributed by atoms with van der Waals surface area (Å²) < 4.78 is 0. The number of carbonyl (C=O) groups excluding carboxylic acids is 1. The zero-order valence-corrected chi connectivity index (χ0v) is 9.41. The van der Waals surface area contributed by atoms with Crippen LogP contribution in [0.25, 0.3) is 0 Å². The van der Waals surface area contributed by atoms with Gasteiger partial charge in [-0.25, -0.2) is 0 Å². The quantitative estimate of drug-likeness (QED) is 0.407. The van der Waals surface area contributed by atoms with E-state index in [1.807, 2.05) is 24.3 Å². The molecule has 80 valence electrons. The van der Waals surface area contributed by atoms with Crippen LogP contribution < -0.4 is 0 Å². The van der Waals surface area contributed by atoms with E-state index in [9.17, 15) is 4.79 Å². The second-order valence-electron chi connectivity index (χ2n) is 3.40. The zero-order valence-electron chi connectivity index (χ0n) is 8.66. The van der Waals surface area contributed by atoms with Gasteiger partial charge >= 0.3 is 0 Å². The van der Waals surface area contributed by atoms with Gasteiger partial charge in [0.1, 0.15) is 6.29 Å². The first kappa shape index (κ1) is 12.0. The van der Waals surface area contributed by atoms with E-state index in [4.69, 9.17) is 11.6 Å². The lowest BCUT2D eigenvalue weighted by Crippen LogP contribution is -1.80. The molecule has 0 saturated heterocycles. The van der Waals surface area contributed by atoms with Crippen LogP contribution >= 0.6 is 11.6 Å². The third-order valence-electron chi connectivity index (χ3n) is 2.13. The normalized spacial score (nSPS) is 10.7. The molecule has 0 heterocycles. The first-order valence-corrected chi connectivity index (χ1v) is 5.54. The number of hydrogen-bond donors (Lipinski definition) is 0. The molecule has 0 radical (unpaired) electrons. The predicted octanol–water partition coefficient (Wildman–Crippen LogP) is 3.81. The molecule has 15 heavy (non-hydrogen) atoms. The third-order valence-corrected chi connectivity index (χ3v) is 2.38. The molecule has 2 heteroatoms. The van der Waals surface area contributed by atoms with Gasteiger partial charge in [0.05, 0.1) is 0 Å². The van der Waals surface area contributed by atoms with E-state index in [1.165, 1.54) is 5.56 Å². The summed E-state index contributed by atoms with van der Waals surface area (Å²) >= 11 is 5.78. The van der Waals surface area contributed by atoms with E-state index >= 15 is 0 Å². The van der Waals surface area contributed by atoms with Crippen LogP contribution in [0.1, 0.15) is 24.8 Å². The molecule has 1 nitrogen and oxygen atoms in total. The van der Waals surface area contributed by atoms with Crippen molar-refractivity contribution in [2.24, 2.45) is 0 Å². The molecule has 0 aliphatic carbocycles. The summed E-state index contributed by atoms with van der Waals surface area (Å²) in [6, 6.07) is 7.85. The second kappa shape index (κ2) is 7.24. The van der Waals surface area contributed by atoms with Crippen LogP contribution in [0.2, 0.25) is 5.02 Å². The van der Waals surface area contributed by atoms with Crippen molar-refractivity contribution in [3.63, 3.8) is 0 Å². The lowest BCUT2D eigenvalue weighted by atomic mass is 10.1. The third kappa shape index (κ3) is 5.38. The Hall–Kier alpha value is -1.08. The maximum atomic E-state index is 10.1. The van der Waals surface area contributed by atoms with Crippen LogP contribution in [-0.4, -0.2) is 6.29 Å². The first-order chi connectivity index (χ1) is 7.33. The van der Waals surface area contributed by atoms with Crippen molar-refractivity contribution in [1.82, 2.24) is 0 Å². The highest BCUT2D eigenvalue weighted by atomic mass is 35.5. The van der Waals surface area contributed by atoms with Crippen LogP contribution in [0.15, 0.2) is 36.4 Å². The van der Waals surface area contributed by atoms with Crippen molar-refractivity contribution in [2.45, 2.75) is 25.7 Å². The Morgan fingerprint density at radius 2 is 1.80 bits per heavy atom. The second-order valence-corrected chi connectivity index (χ2v) is 3.84. The van der Waals surface area contributed by atoms with Gasteiger partial charge in [-0.15, -0.1) is 0 Å². The Morgan fingerprint density at radius 1 is 1.07 bits per heavy atom. The minimum absolute atomic E-state index is 0.658. The zero-order chi connectivity index (χ0) is 10.9. The molecular weight excluding hydrogens is 208 g/mol. The fraction of sp³-hybridized carbons (Fsp3) is 0.308. The average Bonchev–Trinajstić information content (AvgIpc) is 2.26. The topological polar surface area (TPSA) is 17.1 Å². The lowest BCUT2D eigenvalue weighted by molar-refractivity contribution is -0.107. The summed E-state index contributed by atoms with van der Waals surface area (Å²) in [5.74, 6) is 0. The molecule has 0 unspecified atom stereocenters. The van der Waals surface area contributed by atoms with E-state index < -0.39 is 0 Å². The molecule has 0 fully saturated rings. The van der Waals surface area contributed by atoms with Gasteiger partial charge in [-0.2, -0.15) is 0 Å². The van der Waals surface area contributed by atoms with Gasteiger partial charge in [0, 0.05) is 11.4 Å². The number of halogens is 1. The molecule has 0 aliphatic rings. The highest BCUT2D eigenvalue weighted by molar-refractivity contribution is 6.30. The molecule has 1 rings (SSSR count). The highest BCUT2D eigenvalue weighted by Crippen LogP contribution is 2.10. The number of rotatable bonds is 6. The molecule has 0 aromatic heterocycles. The molecule has 0 N–H and O–H groups in total. The highest BCUT2D eigenvalue weighted by Gasteiger charge is 1.89. The number of hydrogen-bond acceptors (Lipinski definition) is 1. The van der Waals surface area contributed by atoms with Crippen LogP contribution in [0.5, 0.6) is 0 Å². The van der Waals surface area contributed by atoms with E-state index in [0.717, 1.165) is 30.6 Å². The Bertz CT molecular complexity index is 314. The standard InChI is InChI=1S/C13H15ClO/c14-13-9-7-12(8-10-13)6-4-2-1-3-5-11-15/h2,4,7-11H,1,3,5-6H2. The van der Waals surface area contributed by atoms with Crippen molar-refractivity contribution >= 4 is 17.9 Å². The van der Waals surface area contributed by atoms with Gasteiger partial charge in [-0.3, -0.25) is 0 Å². The van der Waals surface area contributed by atoms with Crippen LogP contribution in [0.4, 0.5) is 0 Å². The maximum absolute atomic E-state index is 10.1. The van der Waals surface area contributed by atoms with E-state index in [2.05, 4.69) is 12.2 Å². The van der Waals surface area contributed by atoms with Crippen molar-refractivity contribution < 1.29 is 4.79 Å². The van der Waals surface area contributed by atoms with Gasteiger partial charge in [0.25, 0.3) is 0 Å². The van der Waals surface area contributed by atoms with Crippen molar-refractivity contribution in [2.75, 3.05) is 0 Å². The Balaban J connectivity index is 2.24. The van der Waals surface area contributed by atoms with Crippen molar-refractivity contribution in [1.29, 1.82) is 0 Å². The van der Waals surface area contributed by atoms with Crippen LogP contribution in [0.3, 0.4) is 0 Å². The molecule has 1 aromatic carbocycles. The molecule has 0 atom stereocenters. The minimum Gasteiger partial charge on any atom is -0.303 e. The van der Waals surface area contributed by atoms with Gasteiger partial charge in [-0.05, 0) is 37.0 Å². The number of benzene rings is 1. The fourth-order valence-electron chi connectivity index (χ4n) is 1.28. The van der Waals surface area contributed by atoms with Crippen molar-refractivity contribution in [3.8, 4) is 0 Å². The summed E-state index contributed by atoms with van der Waals surface area (Å²) in [6.07, 6.45) is 8.73. The fourth-order valence-corrected chi connectivity index (χ4v) is 1.40. The molecule has 0 aliphatic heterocycles. The molecule has 0 saturated carbocycles. The summed E-state index contributed by atoms with van der Waals surface area (Å²) in [4.78, 5) is 10.1. The SMILES string of the molecule is O=CCCCC=CCc1ccc(Cl)cc1. The Labute approximate surface area is 95.8 Å². The van der Waals surface area contributed by atoms with Crippen LogP contribution in [0, 0.1) is 0 Å².